The van der Waals surface area contributed by atoms with E-state index in [1.807, 2.05) is 18.7 Å². The lowest BCUT2D eigenvalue weighted by atomic mass is 9.95. The van der Waals surface area contributed by atoms with Crippen LogP contribution in [-0.2, 0) is 18.4 Å². The zero-order chi connectivity index (χ0) is 18.8. The van der Waals surface area contributed by atoms with Crippen molar-refractivity contribution in [3.05, 3.63) is 17.0 Å². The summed E-state index contributed by atoms with van der Waals surface area (Å²) in [5, 5.41) is 11.3. The lowest BCUT2D eigenvalue weighted by Crippen LogP contribution is -2.48. The summed E-state index contributed by atoms with van der Waals surface area (Å²) in [7, 11) is 5.50. The van der Waals surface area contributed by atoms with Crippen LogP contribution in [0.4, 0.5) is 0 Å². The van der Waals surface area contributed by atoms with Crippen LogP contribution >= 0.6 is 0 Å². The van der Waals surface area contributed by atoms with Crippen LogP contribution in [0.1, 0.15) is 42.6 Å². The van der Waals surface area contributed by atoms with E-state index in [1.165, 1.54) is 25.7 Å². The van der Waals surface area contributed by atoms with Gasteiger partial charge in [0.2, 0.25) is 5.91 Å². The van der Waals surface area contributed by atoms with Crippen LogP contribution in [0.2, 0.25) is 0 Å². The Hall–Kier alpha value is -2.05. The monoisotopic (exact) mass is 360 g/mol. The van der Waals surface area contributed by atoms with Gasteiger partial charge in [0.25, 0.3) is 0 Å². The summed E-state index contributed by atoms with van der Waals surface area (Å²) in [6.45, 7) is 4.91. The number of aromatic nitrogens is 2. The molecule has 2 bridgehead atoms. The molecule has 1 heterocycles. The highest BCUT2D eigenvalue weighted by Gasteiger charge is 2.39. The summed E-state index contributed by atoms with van der Waals surface area (Å²) in [4.78, 5) is 18.3. The fourth-order valence-electron chi connectivity index (χ4n) is 4.27. The third kappa shape index (κ3) is 4.02. The highest BCUT2D eigenvalue weighted by Crippen LogP contribution is 2.44. The number of nitrogens with one attached hydrogen (secondary N) is 2. The van der Waals surface area contributed by atoms with Gasteiger partial charge in [0, 0.05) is 38.4 Å². The predicted octanol–water partition coefficient (Wildman–Crippen LogP) is 1.35. The molecule has 3 unspecified atom stereocenters. The Labute approximate surface area is 156 Å². The summed E-state index contributed by atoms with van der Waals surface area (Å²) in [5.41, 5.74) is 3.30. The Kier molecular flexibility index (Phi) is 5.53. The summed E-state index contributed by atoms with van der Waals surface area (Å²) in [6, 6.07) is 0.477. The topological polar surface area (TPSA) is 74.5 Å². The molecule has 1 aromatic heterocycles. The van der Waals surface area contributed by atoms with E-state index >= 15 is 0 Å². The summed E-state index contributed by atoms with van der Waals surface area (Å²) in [5.74, 6) is 2.39. The number of carbonyl (C=O) groups excluding carboxylic acids is 1. The molecular formula is C19H32N6O. The molecule has 7 heteroatoms. The van der Waals surface area contributed by atoms with Crippen molar-refractivity contribution in [1.29, 1.82) is 0 Å². The average molecular weight is 361 g/mol. The van der Waals surface area contributed by atoms with Crippen LogP contribution in [0.25, 0.3) is 0 Å². The number of aliphatic imine (C=N–C) groups is 1. The van der Waals surface area contributed by atoms with Crippen molar-refractivity contribution in [3.63, 3.8) is 0 Å². The zero-order valence-electron chi connectivity index (χ0n) is 16.7. The largest absolute Gasteiger partial charge is 0.353 e. The van der Waals surface area contributed by atoms with Crippen molar-refractivity contribution in [2.75, 3.05) is 20.6 Å². The summed E-state index contributed by atoms with van der Waals surface area (Å²) >= 11 is 0. The molecule has 0 aromatic carbocycles. The van der Waals surface area contributed by atoms with Crippen molar-refractivity contribution in [1.82, 2.24) is 25.3 Å². The van der Waals surface area contributed by atoms with Gasteiger partial charge in [-0.25, -0.2) is 4.99 Å². The predicted molar refractivity (Wildman–Crippen MR) is 103 cm³/mol. The van der Waals surface area contributed by atoms with Crippen molar-refractivity contribution >= 4 is 11.9 Å². The Morgan fingerprint density at radius 3 is 2.62 bits per heavy atom. The number of carbonyl (C=O) groups is 1. The normalized spacial score (nSPS) is 24.8. The number of likely N-dealkylation sites (N-methyl/N-ethyl adjacent to an activating group) is 1. The van der Waals surface area contributed by atoms with Crippen LogP contribution in [0.5, 0.6) is 0 Å². The fraction of sp³-hybridized carbons (Fsp3) is 0.737. The molecule has 1 aromatic rings. The number of fused-ring (bicyclic) bond motifs is 2. The first-order valence-electron chi connectivity index (χ1n) is 9.59. The van der Waals surface area contributed by atoms with E-state index in [4.69, 9.17) is 4.99 Å². The SMILES string of the molecule is Cc1nn(C)c(C)c1CN=C(NCC(=O)N(C)C)NC1CC2CCC1C2. The maximum atomic E-state index is 12.0. The first-order valence-corrected chi connectivity index (χ1v) is 9.59. The van der Waals surface area contributed by atoms with E-state index in [1.54, 1.807) is 19.0 Å². The molecule has 3 atom stereocenters. The Morgan fingerprint density at radius 1 is 1.31 bits per heavy atom. The van der Waals surface area contributed by atoms with E-state index in [0.29, 0.717) is 12.6 Å². The standard InChI is InChI=1S/C19H32N6O/c1-12-16(13(2)25(5)23-12)10-20-19(21-11-18(26)24(3)4)22-17-9-14-6-7-15(17)8-14/h14-15,17H,6-11H2,1-5H3,(H2,20,21,22). The van der Waals surface area contributed by atoms with Gasteiger partial charge in [-0.1, -0.05) is 6.42 Å². The van der Waals surface area contributed by atoms with Crippen LogP contribution in [0, 0.1) is 25.7 Å². The second-order valence-corrected chi connectivity index (χ2v) is 8.01. The first kappa shape index (κ1) is 18.7. The smallest absolute Gasteiger partial charge is 0.241 e. The van der Waals surface area contributed by atoms with Gasteiger partial charge in [-0.15, -0.1) is 0 Å². The summed E-state index contributed by atoms with van der Waals surface area (Å²) < 4.78 is 1.90. The Morgan fingerprint density at radius 2 is 2.08 bits per heavy atom. The molecule has 0 aliphatic heterocycles. The molecule has 0 spiro atoms. The molecule has 144 valence electrons. The van der Waals surface area contributed by atoms with Gasteiger partial charge in [0.1, 0.15) is 0 Å². The first-order chi connectivity index (χ1) is 12.3. The van der Waals surface area contributed by atoms with Gasteiger partial charge >= 0.3 is 0 Å². The number of rotatable bonds is 5. The molecule has 2 saturated carbocycles. The van der Waals surface area contributed by atoms with Gasteiger partial charge in [0.15, 0.2) is 5.96 Å². The van der Waals surface area contributed by atoms with E-state index in [0.717, 1.165) is 34.7 Å². The minimum atomic E-state index is 0.0428. The van der Waals surface area contributed by atoms with E-state index < -0.39 is 0 Å². The van der Waals surface area contributed by atoms with Gasteiger partial charge in [-0.05, 0) is 44.9 Å². The molecule has 2 fully saturated rings. The maximum absolute atomic E-state index is 12.0. The fourth-order valence-corrected chi connectivity index (χ4v) is 4.27. The second-order valence-electron chi connectivity index (χ2n) is 8.01. The van der Waals surface area contributed by atoms with Crippen LogP contribution in [0.3, 0.4) is 0 Å². The molecule has 3 rings (SSSR count). The van der Waals surface area contributed by atoms with Gasteiger partial charge in [-0.2, -0.15) is 5.10 Å². The third-order valence-electron chi connectivity index (χ3n) is 6.02. The van der Waals surface area contributed by atoms with Crippen LogP contribution in [-0.4, -0.2) is 53.2 Å². The van der Waals surface area contributed by atoms with Gasteiger partial charge < -0.3 is 15.5 Å². The minimum absolute atomic E-state index is 0.0428. The van der Waals surface area contributed by atoms with E-state index in [-0.39, 0.29) is 12.5 Å². The number of hydrogen-bond donors (Lipinski definition) is 2. The highest BCUT2D eigenvalue weighted by atomic mass is 16.2. The minimum Gasteiger partial charge on any atom is -0.353 e. The van der Waals surface area contributed by atoms with Crippen molar-refractivity contribution < 1.29 is 4.79 Å². The number of hydrogen-bond acceptors (Lipinski definition) is 3. The Bertz CT molecular complexity index is 692. The molecule has 26 heavy (non-hydrogen) atoms. The molecule has 0 saturated heterocycles. The lowest BCUT2D eigenvalue weighted by molar-refractivity contribution is -0.127. The van der Waals surface area contributed by atoms with Gasteiger partial charge in [-0.3, -0.25) is 9.48 Å². The number of nitrogens with zero attached hydrogens (tertiary/aromatic N) is 4. The van der Waals surface area contributed by atoms with Gasteiger partial charge in [0.05, 0.1) is 18.8 Å². The number of guanidine groups is 1. The molecule has 1 amide bonds. The molecule has 2 aliphatic carbocycles. The van der Waals surface area contributed by atoms with E-state index in [9.17, 15) is 4.79 Å². The molecular weight excluding hydrogens is 328 g/mol. The van der Waals surface area contributed by atoms with E-state index in [2.05, 4.69) is 22.7 Å². The third-order valence-corrected chi connectivity index (χ3v) is 6.02. The quantitative estimate of drug-likeness (QED) is 0.614. The molecule has 2 aliphatic rings. The summed E-state index contributed by atoms with van der Waals surface area (Å²) in [6.07, 6.45) is 5.24. The number of amides is 1. The zero-order valence-corrected chi connectivity index (χ0v) is 16.7. The molecule has 2 N–H and O–H groups in total. The lowest BCUT2D eigenvalue weighted by Gasteiger charge is -2.25. The Balaban J connectivity index is 1.69. The van der Waals surface area contributed by atoms with Crippen molar-refractivity contribution in [2.24, 2.45) is 23.9 Å². The molecule has 7 nitrogen and oxygen atoms in total. The molecule has 0 radical (unpaired) electrons. The number of aryl methyl sites for hydroxylation is 2. The van der Waals surface area contributed by atoms with Crippen molar-refractivity contribution in [3.8, 4) is 0 Å². The van der Waals surface area contributed by atoms with Crippen LogP contribution < -0.4 is 10.6 Å². The van der Waals surface area contributed by atoms with Crippen LogP contribution in [0.15, 0.2) is 4.99 Å². The average Bonchev–Trinajstić information content (AvgIpc) is 3.26. The maximum Gasteiger partial charge on any atom is 0.241 e. The highest BCUT2D eigenvalue weighted by molar-refractivity contribution is 5.86. The van der Waals surface area contributed by atoms with Crippen molar-refractivity contribution in [2.45, 2.75) is 52.1 Å². The second kappa shape index (κ2) is 7.68.